The van der Waals surface area contributed by atoms with Crippen molar-refractivity contribution in [2.75, 3.05) is 5.73 Å². The van der Waals surface area contributed by atoms with Crippen molar-refractivity contribution in [2.45, 2.75) is 79.7 Å². The molecule has 1 aliphatic carbocycles. The number of fused-ring (bicyclic) bond motifs is 1. The number of nitrogens with two attached hydrogens (primary N) is 2. The number of hydrogen-bond donors (Lipinski definition) is 2. The number of nitrogens with zero attached hydrogens (tertiary/aromatic N) is 4. The monoisotopic (exact) mass is 454 g/mol. The Kier molecular flexibility index (Phi) is 9.97. The Morgan fingerprint density at radius 1 is 1.15 bits per heavy atom. The number of anilines is 1. The van der Waals surface area contributed by atoms with Crippen molar-refractivity contribution >= 4 is 22.9 Å². The van der Waals surface area contributed by atoms with Crippen LogP contribution >= 0.6 is 0 Å². The number of nitrogen functional groups attached to an aromatic ring is 1. The van der Waals surface area contributed by atoms with Crippen LogP contribution in [-0.4, -0.2) is 26.4 Å². The molecule has 1 saturated carbocycles. The Morgan fingerprint density at radius 2 is 1.79 bits per heavy atom. The van der Waals surface area contributed by atoms with Gasteiger partial charge >= 0.3 is 0 Å². The van der Waals surface area contributed by atoms with E-state index in [0.717, 1.165) is 33.8 Å². The molecule has 0 spiro atoms. The third-order valence-corrected chi connectivity index (χ3v) is 4.98. The Hall–Kier alpha value is -2.80. The van der Waals surface area contributed by atoms with E-state index >= 15 is 0 Å². The van der Waals surface area contributed by atoms with E-state index < -0.39 is 0 Å². The minimum Gasteiger partial charge on any atom is -0.367 e. The van der Waals surface area contributed by atoms with Gasteiger partial charge in [0.25, 0.3) is 0 Å². The van der Waals surface area contributed by atoms with Crippen LogP contribution in [0.5, 0.6) is 0 Å². The quantitative estimate of drug-likeness (QED) is 0.433. The number of benzene rings is 1. The van der Waals surface area contributed by atoms with E-state index in [2.05, 4.69) is 35.8 Å². The van der Waals surface area contributed by atoms with Gasteiger partial charge in [0.2, 0.25) is 5.95 Å². The molecule has 2 aromatic heterocycles. The van der Waals surface area contributed by atoms with Crippen molar-refractivity contribution in [1.29, 1.82) is 0 Å². The second-order valence-corrected chi connectivity index (χ2v) is 9.49. The van der Waals surface area contributed by atoms with Crippen LogP contribution in [0.4, 0.5) is 16.0 Å². The van der Waals surface area contributed by atoms with Gasteiger partial charge in [-0.15, -0.1) is 5.10 Å². The lowest BCUT2D eigenvalue weighted by Gasteiger charge is -2.15. The highest BCUT2D eigenvalue weighted by atomic mass is 19.1. The summed E-state index contributed by atoms with van der Waals surface area (Å²) in [6, 6.07) is 5.80. The molecular formula is C26H39FN6. The van der Waals surface area contributed by atoms with Crippen LogP contribution in [0, 0.1) is 18.7 Å². The lowest BCUT2D eigenvalue weighted by Crippen LogP contribution is -2.22. The van der Waals surface area contributed by atoms with Gasteiger partial charge in [0, 0.05) is 23.5 Å². The second kappa shape index (κ2) is 12.4. The second-order valence-electron chi connectivity index (χ2n) is 9.49. The molecule has 0 aliphatic heterocycles. The molecular weight excluding hydrogens is 415 g/mol. The van der Waals surface area contributed by atoms with Crippen LogP contribution in [0.3, 0.4) is 0 Å². The summed E-state index contributed by atoms with van der Waals surface area (Å²) in [7, 11) is 0. The molecule has 1 aromatic carbocycles. The van der Waals surface area contributed by atoms with E-state index in [-0.39, 0.29) is 11.8 Å². The SMILES string of the molecule is CC(C)=Nc1c(C)cc(-c2ccn3nc(N)ncc23)cc1F.CC(C)C.NC1CCCCC1. The molecule has 180 valence electrons. The Bertz CT molecular complexity index is 1030. The van der Waals surface area contributed by atoms with E-state index in [1.807, 2.05) is 32.9 Å². The van der Waals surface area contributed by atoms with Crippen LogP contribution in [0.15, 0.2) is 35.6 Å². The number of hydrogen-bond acceptors (Lipinski definition) is 5. The number of aromatic nitrogens is 3. The largest absolute Gasteiger partial charge is 0.367 e. The predicted octanol–water partition coefficient (Wildman–Crippen LogP) is 6.48. The molecule has 0 radical (unpaired) electrons. The number of aryl methyl sites for hydroxylation is 1. The molecule has 0 unspecified atom stereocenters. The predicted molar refractivity (Wildman–Crippen MR) is 138 cm³/mol. The van der Waals surface area contributed by atoms with E-state index in [1.54, 1.807) is 16.9 Å². The van der Waals surface area contributed by atoms with Crippen LogP contribution in [-0.2, 0) is 0 Å². The van der Waals surface area contributed by atoms with Gasteiger partial charge in [-0.1, -0.05) is 40.0 Å². The highest BCUT2D eigenvalue weighted by molar-refractivity contribution is 5.85. The molecule has 0 amide bonds. The maximum atomic E-state index is 14.4. The summed E-state index contributed by atoms with van der Waals surface area (Å²) in [6.45, 7) is 12.0. The molecule has 0 bridgehead atoms. The first kappa shape index (κ1) is 26.5. The minimum atomic E-state index is -0.341. The molecule has 33 heavy (non-hydrogen) atoms. The average molecular weight is 455 g/mol. The van der Waals surface area contributed by atoms with Crippen molar-refractivity contribution in [1.82, 2.24) is 14.6 Å². The maximum Gasteiger partial charge on any atom is 0.238 e. The smallest absolute Gasteiger partial charge is 0.238 e. The molecule has 0 atom stereocenters. The van der Waals surface area contributed by atoms with Crippen LogP contribution in [0.2, 0.25) is 0 Å². The summed E-state index contributed by atoms with van der Waals surface area (Å²) in [5.74, 6) is 0.687. The van der Waals surface area contributed by atoms with Gasteiger partial charge in [0.1, 0.15) is 11.5 Å². The fourth-order valence-electron chi connectivity index (χ4n) is 3.55. The van der Waals surface area contributed by atoms with Crippen molar-refractivity contribution < 1.29 is 4.39 Å². The summed E-state index contributed by atoms with van der Waals surface area (Å²) >= 11 is 0. The Morgan fingerprint density at radius 3 is 2.30 bits per heavy atom. The first-order valence-electron chi connectivity index (χ1n) is 11.8. The maximum absolute atomic E-state index is 14.4. The van der Waals surface area contributed by atoms with Gasteiger partial charge in [0.15, 0.2) is 0 Å². The van der Waals surface area contributed by atoms with E-state index in [1.165, 1.54) is 38.2 Å². The van der Waals surface area contributed by atoms with Crippen molar-refractivity contribution in [2.24, 2.45) is 16.6 Å². The molecule has 1 fully saturated rings. The summed E-state index contributed by atoms with van der Waals surface area (Å²) in [5, 5.41) is 4.09. The Balaban J connectivity index is 0.000000290. The summed E-state index contributed by atoms with van der Waals surface area (Å²) in [6.07, 6.45) is 10.1. The van der Waals surface area contributed by atoms with Crippen molar-refractivity contribution in [3.63, 3.8) is 0 Å². The van der Waals surface area contributed by atoms with Gasteiger partial charge < -0.3 is 11.5 Å². The van der Waals surface area contributed by atoms with Gasteiger partial charge in [-0.3, -0.25) is 4.99 Å². The van der Waals surface area contributed by atoms with E-state index in [9.17, 15) is 4.39 Å². The van der Waals surface area contributed by atoms with Gasteiger partial charge in [0.05, 0.1) is 11.7 Å². The van der Waals surface area contributed by atoms with E-state index in [4.69, 9.17) is 11.5 Å². The van der Waals surface area contributed by atoms with Gasteiger partial charge in [-0.25, -0.2) is 13.9 Å². The lowest BCUT2D eigenvalue weighted by molar-refractivity contribution is 0.441. The molecule has 1 aliphatic rings. The molecule has 2 heterocycles. The normalized spacial score (nSPS) is 13.7. The zero-order valence-electron chi connectivity index (χ0n) is 20.9. The van der Waals surface area contributed by atoms with Crippen LogP contribution in [0.25, 0.3) is 16.6 Å². The van der Waals surface area contributed by atoms with Crippen LogP contribution in [0.1, 0.15) is 72.3 Å². The Labute approximate surface area is 197 Å². The summed E-state index contributed by atoms with van der Waals surface area (Å²) in [4.78, 5) is 8.25. The van der Waals surface area contributed by atoms with Gasteiger partial charge in [-0.2, -0.15) is 0 Å². The zero-order chi connectivity index (χ0) is 24.5. The number of aliphatic imine (C=N–C) groups is 1. The minimum absolute atomic E-state index is 0.195. The van der Waals surface area contributed by atoms with Crippen LogP contribution < -0.4 is 11.5 Å². The zero-order valence-corrected chi connectivity index (χ0v) is 20.9. The lowest BCUT2D eigenvalue weighted by atomic mass is 9.97. The average Bonchev–Trinajstić information content (AvgIpc) is 3.14. The highest BCUT2D eigenvalue weighted by Gasteiger charge is 2.12. The molecule has 0 saturated heterocycles. The van der Waals surface area contributed by atoms with Gasteiger partial charge in [-0.05, 0) is 68.9 Å². The molecule has 3 aromatic rings. The first-order chi connectivity index (χ1) is 15.6. The standard InChI is InChI=1S/C16H16FN5.C6H13N.C4H10/c1-9(2)20-15-10(3)6-11(7-13(15)17)12-4-5-22-14(12)8-19-16(18)21-22;7-6-4-2-1-3-5-6;1-4(2)3/h4-8H,1-3H3,(H2,18,21);6H,1-5,7H2;4H,1-3H3. The third-order valence-electron chi connectivity index (χ3n) is 4.98. The van der Waals surface area contributed by atoms with Crippen molar-refractivity contribution in [3.8, 4) is 11.1 Å². The number of halogens is 1. The molecule has 4 rings (SSSR count). The summed E-state index contributed by atoms with van der Waals surface area (Å²) in [5.41, 5.74) is 15.6. The molecule has 6 nitrogen and oxygen atoms in total. The molecule has 7 heteroatoms. The topological polar surface area (TPSA) is 94.6 Å². The van der Waals surface area contributed by atoms with Crippen molar-refractivity contribution in [3.05, 3.63) is 42.0 Å². The highest BCUT2D eigenvalue weighted by Crippen LogP contribution is 2.32. The number of rotatable bonds is 2. The fourth-order valence-corrected chi connectivity index (χ4v) is 3.55. The fraction of sp³-hybridized carbons (Fsp3) is 0.500. The first-order valence-corrected chi connectivity index (χ1v) is 11.8. The molecule has 4 N–H and O–H groups in total. The third kappa shape index (κ3) is 8.24. The van der Waals surface area contributed by atoms with E-state index in [0.29, 0.717) is 11.7 Å². The summed E-state index contributed by atoms with van der Waals surface area (Å²) < 4.78 is 16.0.